The van der Waals surface area contributed by atoms with Crippen LogP contribution in [0.2, 0.25) is 0 Å². The molecule has 0 saturated carbocycles. The minimum atomic E-state index is -0.522. The Morgan fingerprint density at radius 1 is 1.10 bits per heavy atom. The smallest absolute Gasteiger partial charge is 0.284 e. The van der Waals surface area contributed by atoms with E-state index in [0.717, 1.165) is 23.4 Å². The number of fused-ring (bicyclic) bond motifs is 1. The van der Waals surface area contributed by atoms with Gasteiger partial charge in [0, 0.05) is 0 Å². The molecule has 0 radical (unpaired) electrons. The summed E-state index contributed by atoms with van der Waals surface area (Å²) >= 11 is 0. The highest BCUT2D eigenvalue weighted by atomic mass is 16.3. The van der Waals surface area contributed by atoms with Gasteiger partial charge in [-0.25, -0.2) is 9.55 Å². The van der Waals surface area contributed by atoms with Crippen molar-refractivity contribution in [1.29, 1.82) is 0 Å². The molecule has 3 rings (SSSR count). The zero-order valence-electron chi connectivity index (χ0n) is 11.8. The summed E-state index contributed by atoms with van der Waals surface area (Å²) in [6.45, 7) is 4.67. The molecular formula is C17H19N2O+. The predicted molar refractivity (Wildman–Crippen MR) is 79.4 cm³/mol. The number of rotatable bonds is 3. The Kier molecular flexibility index (Phi) is 3.28. The molecule has 20 heavy (non-hydrogen) atoms. The van der Waals surface area contributed by atoms with Crippen LogP contribution in [0.1, 0.15) is 30.0 Å². The van der Waals surface area contributed by atoms with Crippen LogP contribution >= 0.6 is 0 Å². The Balaban J connectivity index is 2.14. The Bertz CT molecular complexity index is 744. The number of nitrogens with one attached hydrogen (secondary N) is 1. The molecule has 2 N–H and O–H groups in total. The minimum absolute atomic E-state index is 0.522. The molecule has 102 valence electrons. The highest BCUT2D eigenvalue weighted by molar-refractivity contribution is 5.71. The van der Waals surface area contributed by atoms with Crippen LogP contribution in [0.15, 0.2) is 48.5 Å². The number of H-pyrrole nitrogens is 1. The fourth-order valence-corrected chi connectivity index (χ4v) is 2.61. The molecule has 0 aliphatic rings. The third kappa shape index (κ3) is 2.21. The molecule has 0 bridgehead atoms. The summed E-state index contributed by atoms with van der Waals surface area (Å²) < 4.78 is 2.16. The van der Waals surface area contributed by atoms with Crippen LogP contribution in [0.25, 0.3) is 11.0 Å². The van der Waals surface area contributed by atoms with Crippen LogP contribution in [0, 0.1) is 6.92 Å². The fraction of sp³-hybridized carbons (Fsp3) is 0.235. The molecule has 3 nitrogen and oxygen atoms in total. The van der Waals surface area contributed by atoms with Crippen molar-refractivity contribution in [2.24, 2.45) is 0 Å². The third-order valence-electron chi connectivity index (χ3n) is 3.73. The molecule has 1 unspecified atom stereocenters. The van der Waals surface area contributed by atoms with Crippen molar-refractivity contribution in [1.82, 2.24) is 4.98 Å². The first kappa shape index (κ1) is 12.9. The van der Waals surface area contributed by atoms with Gasteiger partial charge in [-0.05, 0) is 37.1 Å². The second kappa shape index (κ2) is 5.10. The van der Waals surface area contributed by atoms with Gasteiger partial charge in [0.05, 0.1) is 0 Å². The van der Waals surface area contributed by atoms with Gasteiger partial charge in [0.25, 0.3) is 5.82 Å². The topological polar surface area (TPSA) is 39.9 Å². The number of para-hydroxylation sites is 2. The number of benzene rings is 2. The van der Waals surface area contributed by atoms with E-state index in [2.05, 4.69) is 40.7 Å². The van der Waals surface area contributed by atoms with Crippen LogP contribution < -0.4 is 4.57 Å². The molecular weight excluding hydrogens is 248 g/mol. The summed E-state index contributed by atoms with van der Waals surface area (Å²) in [5.74, 6) is 0.842. The summed E-state index contributed by atoms with van der Waals surface area (Å²) in [6.07, 6.45) is -0.522. The number of nitrogens with zero attached hydrogens (tertiary/aromatic N) is 1. The average Bonchev–Trinajstić information content (AvgIpc) is 2.81. The van der Waals surface area contributed by atoms with Gasteiger partial charge in [0.1, 0.15) is 6.54 Å². The maximum absolute atomic E-state index is 10.0. The molecule has 0 aliphatic carbocycles. The lowest BCUT2D eigenvalue weighted by atomic mass is 10.1. The van der Waals surface area contributed by atoms with Gasteiger partial charge in [-0.3, -0.25) is 0 Å². The number of aromatic nitrogens is 2. The highest BCUT2D eigenvalue weighted by Crippen LogP contribution is 2.16. The number of aliphatic hydroxyl groups is 1. The Hall–Kier alpha value is -2.13. The van der Waals surface area contributed by atoms with Gasteiger partial charge in [-0.1, -0.05) is 36.4 Å². The van der Waals surface area contributed by atoms with E-state index in [4.69, 9.17) is 0 Å². The molecule has 1 atom stereocenters. The van der Waals surface area contributed by atoms with Crippen LogP contribution in [-0.4, -0.2) is 10.1 Å². The van der Waals surface area contributed by atoms with Crippen molar-refractivity contribution in [2.75, 3.05) is 0 Å². The lowest BCUT2D eigenvalue weighted by Gasteiger charge is -2.06. The summed E-state index contributed by atoms with van der Waals surface area (Å²) in [7, 11) is 0. The number of imidazole rings is 1. The first-order valence-corrected chi connectivity index (χ1v) is 6.90. The van der Waals surface area contributed by atoms with E-state index in [1.807, 2.05) is 24.3 Å². The summed E-state index contributed by atoms with van der Waals surface area (Å²) in [5, 5.41) is 10.0. The van der Waals surface area contributed by atoms with Crippen molar-refractivity contribution in [3.8, 4) is 0 Å². The number of hydrogen-bond acceptors (Lipinski definition) is 1. The van der Waals surface area contributed by atoms with E-state index in [1.165, 1.54) is 11.1 Å². The normalized spacial score (nSPS) is 12.8. The quantitative estimate of drug-likeness (QED) is 0.704. The molecule has 0 spiro atoms. The standard InChI is InChI=1S/C17H18N2O/c1-12-7-3-4-8-14(12)11-19-16-10-6-5-9-15(16)18-17(19)13(2)20/h3-10,13,20H,11H2,1-2H3/p+1. The fourth-order valence-electron chi connectivity index (χ4n) is 2.61. The van der Waals surface area contributed by atoms with Crippen LogP contribution in [-0.2, 0) is 6.54 Å². The van der Waals surface area contributed by atoms with Crippen LogP contribution in [0.3, 0.4) is 0 Å². The highest BCUT2D eigenvalue weighted by Gasteiger charge is 2.22. The van der Waals surface area contributed by atoms with Gasteiger partial charge < -0.3 is 5.11 Å². The SMILES string of the molecule is Cc1ccccc1C[n+]1c(C(C)O)[nH]c2ccccc21. The molecule has 3 heteroatoms. The monoisotopic (exact) mass is 267 g/mol. The van der Waals surface area contributed by atoms with Gasteiger partial charge >= 0.3 is 0 Å². The summed E-state index contributed by atoms with van der Waals surface area (Å²) in [4.78, 5) is 3.32. The molecule has 0 amide bonds. The molecule has 3 aromatic rings. The van der Waals surface area contributed by atoms with Crippen LogP contribution in [0.4, 0.5) is 0 Å². The van der Waals surface area contributed by atoms with E-state index in [9.17, 15) is 5.11 Å². The lowest BCUT2D eigenvalue weighted by molar-refractivity contribution is -0.673. The zero-order chi connectivity index (χ0) is 14.1. The third-order valence-corrected chi connectivity index (χ3v) is 3.73. The first-order chi connectivity index (χ1) is 9.66. The largest absolute Gasteiger partial charge is 0.381 e. The molecule has 0 saturated heterocycles. The Morgan fingerprint density at radius 3 is 2.55 bits per heavy atom. The van der Waals surface area contributed by atoms with Crippen LogP contribution in [0.5, 0.6) is 0 Å². The van der Waals surface area contributed by atoms with E-state index in [-0.39, 0.29) is 0 Å². The van der Waals surface area contributed by atoms with Crippen molar-refractivity contribution in [3.05, 3.63) is 65.5 Å². The van der Waals surface area contributed by atoms with Crippen molar-refractivity contribution >= 4 is 11.0 Å². The van der Waals surface area contributed by atoms with Crippen molar-refractivity contribution < 1.29 is 9.67 Å². The zero-order valence-corrected chi connectivity index (χ0v) is 11.8. The molecule has 0 fully saturated rings. The maximum Gasteiger partial charge on any atom is 0.284 e. The molecule has 1 heterocycles. The Morgan fingerprint density at radius 2 is 1.80 bits per heavy atom. The maximum atomic E-state index is 10.0. The lowest BCUT2D eigenvalue weighted by Crippen LogP contribution is -2.38. The number of aryl methyl sites for hydroxylation is 1. The van der Waals surface area contributed by atoms with Gasteiger partial charge in [0.15, 0.2) is 17.1 Å². The number of aliphatic hydroxyl groups excluding tert-OH is 1. The van der Waals surface area contributed by atoms with Crippen molar-refractivity contribution in [2.45, 2.75) is 26.5 Å². The number of aromatic amines is 1. The van der Waals surface area contributed by atoms with E-state index < -0.39 is 6.10 Å². The minimum Gasteiger partial charge on any atom is -0.381 e. The second-order valence-corrected chi connectivity index (χ2v) is 5.22. The van der Waals surface area contributed by atoms with E-state index >= 15 is 0 Å². The second-order valence-electron chi connectivity index (χ2n) is 5.22. The van der Waals surface area contributed by atoms with Gasteiger partial charge in [-0.2, -0.15) is 0 Å². The summed E-state index contributed by atoms with van der Waals surface area (Å²) in [6, 6.07) is 16.5. The molecule has 1 aromatic heterocycles. The van der Waals surface area contributed by atoms with Gasteiger partial charge in [-0.15, -0.1) is 0 Å². The van der Waals surface area contributed by atoms with Gasteiger partial charge in [0.2, 0.25) is 0 Å². The first-order valence-electron chi connectivity index (χ1n) is 6.90. The molecule has 0 aliphatic heterocycles. The summed E-state index contributed by atoms with van der Waals surface area (Å²) in [5.41, 5.74) is 4.70. The number of hydrogen-bond donors (Lipinski definition) is 2. The van der Waals surface area contributed by atoms with E-state index in [0.29, 0.717) is 0 Å². The molecule has 2 aromatic carbocycles. The van der Waals surface area contributed by atoms with Crippen molar-refractivity contribution in [3.63, 3.8) is 0 Å². The van der Waals surface area contributed by atoms with E-state index in [1.54, 1.807) is 6.92 Å². The average molecular weight is 267 g/mol. The predicted octanol–water partition coefficient (Wildman–Crippen LogP) is 2.87. The Labute approximate surface area is 118 Å².